The van der Waals surface area contributed by atoms with Gasteiger partial charge in [-0.05, 0) is 27.6 Å². The standard InChI is InChI=1S/C17H17BrN2O4S/c1-2-20(10-12-6-4-3-5-7-12)25(22,23)16-9-15-14(8-13(16)18)19-17(21)11-24-15/h3-9H,2,10-11H2,1H3,(H,19,21). The molecule has 0 atom stereocenters. The molecule has 0 saturated heterocycles. The van der Waals surface area contributed by atoms with E-state index in [9.17, 15) is 13.2 Å². The lowest BCUT2D eigenvalue weighted by molar-refractivity contribution is -0.118. The van der Waals surface area contributed by atoms with Gasteiger partial charge >= 0.3 is 0 Å². The third kappa shape index (κ3) is 3.70. The molecule has 25 heavy (non-hydrogen) atoms. The molecule has 0 unspecified atom stereocenters. The second-order valence-corrected chi connectivity index (χ2v) is 8.29. The molecule has 1 amide bonds. The van der Waals surface area contributed by atoms with Crippen LogP contribution in [0.2, 0.25) is 0 Å². The van der Waals surface area contributed by atoms with Crippen molar-refractivity contribution in [3.05, 3.63) is 52.5 Å². The number of benzene rings is 2. The van der Waals surface area contributed by atoms with E-state index < -0.39 is 10.0 Å². The van der Waals surface area contributed by atoms with Crippen LogP contribution in [0.15, 0.2) is 51.8 Å². The van der Waals surface area contributed by atoms with Crippen molar-refractivity contribution < 1.29 is 17.9 Å². The van der Waals surface area contributed by atoms with Gasteiger partial charge in [0.25, 0.3) is 5.91 Å². The van der Waals surface area contributed by atoms with Crippen molar-refractivity contribution >= 4 is 37.5 Å². The van der Waals surface area contributed by atoms with E-state index in [1.54, 1.807) is 13.0 Å². The Morgan fingerprint density at radius 1 is 1.24 bits per heavy atom. The molecule has 0 spiro atoms. The Hall–Kier alpha value is -1.90. The average Bonchev–Trinajstić information content (AvgIpc) is 2.59. The quantitative estimate of drug-likeness (QED) is 0.800. The van der Waals surface area contributed by atoms with Gasteiger partial charge < -0.3 is 10.1 Å². The average molecular weight is 425 g/mol. The van der Waals surface area contributed by atoms with Crippen LogP contribution in [0, 0.1) is 0 Å². The van der Waals surface area contributed by atoms with Crippen LogP contribution in [0.5, 0.6) is 5.75 Å². The Labute approximate surface area is 155 Å². The predicted molar refractivity (Wildman–Crippen MR) is 98.0 cm³/mol. The summed E-state index contributed by atoms with van der Waals surface area (Å²) in [6.45, 7) is 2.28. The largest absolute Gasteiger partial charge is 0.482 e. The molecule has 0 aliphatic carbocycles. The number of sulfonamides is 1. The number of fused-ring (bicyclic) bond motifs is 1. The van der Waals surface area contributed by atoms with Gasteiger partial charge in [0.2, 0.25) is 10.0 Å². The van der Waals surface area contributed by atoms with Crippen molar-refractivity contribution in [2.45, 2.75) is 18.4 Å². The van der Waals surface area contributed by atoms with Crippen molar-refractivity contribution in [2.24, 2.45) is 0 Å². The Kier molecular flexibility index (Phi) is 5.12. The molecular weight excluding hydrogens is 408 g/mol. The zero-order valence-corrected chi connectivity index (χ0v) is 15.9. The lowest BCUT2D eigenvalue weighted by Gasteiger charge is -2.24. The first-order valence-corrected chi connectivity index (χ1v) is 9.95. The zero-order valence-electron chi connectivity index (χ0n) is 13.5. The zero-order chi connectivity index (χ0) is 18.0. The first-order chi connectivity index (χ1) is 11.9. The molecule has 1 aliphatic rings. The van der Waals surface area contributed by atoms with Gasteiger partial charge in [-0.2, -0.15) is 4.31 Å². The van der Waals surface area contributed by atoms with Crippen molar-refractivity contribution in [1.29, 1.82) is 0 Å². The molecule has 1 N–H and O–H groups in total. The van der Waals surface area contributed by atoms with E-state index in [-0.39, 0.29) is 24.0 Å². The van der Waals surface area contributed by atoms with Gasteiger partial charge in [0, 0.05) is 23.6 Å². The highest BCUT2D eigenvalue weighted by Crippen LogP contribution is 2.37. The number of hydrogen-bond acceptors (Lipinski definition) is 4. The summed E-state index contributed by atoms with van der Waals surface area (Å²) < 4.78 is 33.3. The summed E-state index contributed by atoms with van der Waals surface area (Å²) >= 11 is 3.30. The van der Waals surface area contributed by atoms with E-state index >= 15 is 0 Å². The van der Waals surface area contributed by atoms with Crippen LogP contribution in [0.25, 0.3) is 0 Å². The maximum absolute atomic E-state index is 13.1. The molecule has 2 aromatic rings. The van der Waals surface area contributed by atoms with Crippen LogP contribution in [-0.2, 0) is 21.4 Å². The number of nitrogens with zero attached hydrogens (tertiary/aromatic N) is 1. The van der Waals surface area contributed by atoms with Crippen molar-refractivity contribution in [2.75, 3.05) is 18.5 Å². The summed E-state index contributed by atoms with van der Waals surface area (Å²) in [7, 11) is -3.73. The van der Waals surface area contributed by atoms with Crippen LogP contribution in [0.4, 0.5) is 5.69 Å². The first kappa shape index (κ1) is 17.9. The molecule has 8 heteroatoms. The minimum atomic E-state index is -3.73. The highest BCUT2D eigenvalue weighted by molar-refractivity contribution is 9.10. The molecule has 1 heterocycles. The lowest BCUT2D eigenvalue weighted by atomic mass is 10.2. The number of anilines is 1. The van der Waals surface area contributed by atoms with Crippen LogP contribution in [0.1, 0.15) is 12.5 Å². The molecule has 2 aromatic carbocycles. The summed E-state index contributed by atoms with van der Waals surface area (Å²) in [5.41, 5.74) is 1.36. The molecule has 3 rings (SSSR count). The molecule has 1 aliphatic heterocycles. The van der Waals surface area contributed by atoms with Crippen molar-refractivity contribution in [3.63, 3.8) is 0 Å². The highest BCUT2D eigenvalue weighted by atomic mass is 79.9. The molecule has 132 valence electrons. The Morgan fingerprint density at radius 3 is 2.64 bits per heavy atom. The lowest BCUT2D eigenvalue weighted by Crippen LogP contribution is -2.31. The third-order valence-electron chi connectivity index (χ3n) is 3.84. The number of rotatable bonds is 5. The van der Waals surface area contributed by atoms with Crippen LogP contribution in [-0.4, -0.2) is 31.8 Å². The van der Waals surface area contributed by atoms with Crippen molar-refractivity contribution in [3.8, 4) is 5.75 Å². The Bertz CT molecular complexity index is 900. The van der Waals surface area contributed by atoms with Gasteiger partial charge in [0.05, 0.1) is 5.69 Å². The monoisotopic (exact) mass is 424 g/mol. The van der Waals surface area contributed by atoms with Gasteiger partial charge in [-0.15, -0.1) is 0 Å². The van der Waals surface area contributed by atoms with Crippen LogP contribution in [0.3, 0.4) is 0 Å². The number of carbonyl (C=O) groups excluding carboxylic acids is 1. The minimum absolute atomic E-state index is 0.111. The highest BCUT2D eigenvalue weighted by Gasteiger charge is 2.28. The smallest absolute Gasteiger partial charge is 0.262 e. The fourth-order valence-electron chi connectivity index (χ4n) is 2.57. The van der Waals surface area contributed by atoms with Gasteiger partial charge in [-0.3, -0.25) is 4.79 Å². The summed E-state index contributed by atoms with van der Waals surface area (Å²) in [6, 6.07) is 12.4. The molecule has 0 bridgehead atoms. The summed E-state index contributed by atoms with van der Waals surface area (Å²) in [5.74, 6) is 0.0754. The first-order valence-electron chi connectivity index (χ1n) is 7.72. The topological polar surface area (TPSA) is 75.7 Å². The van der Waals surface area contributed by atoms with E-state index in [1.165, 1.54) is 10.4 Å². The molecule has 0 saturated carbocycles. The van der Waals surface area contributed by atoms with E-state index in [2.05, 4.69) is 21.2 Å². The van der Waals surface area contributed by atoms with Crippen LogP contribution < -0.4 is 10.1 Å². The molecular formula is C17H17BrN2O4S. The second kappa shape index (κ2) is 7.15. The van der Waals surface area contributed by atoms with E-state index in [0.29, 0.717) is 22.5 Å². The molecule has 0 aromatic heterocycles. The van der Waals surface area contributed by atoms with E-state index in [1.807, 2.05) is 30.3 Å². The maximum atomic E-state index is 13.1. The fraction of sp³-hybridized carbons (Fsp3) is 0.235. The van der Waals surface area contributed by atoms with Gasteiger partial charge in [0.1, 0.15) is 10.6 Å². The predicted octanol–water partition coefficient (Wildman–Crippen LogP) is 2.99. The molecule has 0 radical (unpaired) electrons. The number of nitrogens with one attached hydrogen (secondary N) is 1. The summed E-state index contributed by atoms with van der Waals surface area (Å²) in [5, 5.41) is 2.66. The summed E-state index contributed by atoms with van der Waals surface area (Å²) in [6.07, 6.45) is 0. The maximum Gasteiger partial charge on any atom is 0.262 e. The van der Waals surface area contributed by atoms with E-state index in [4.69, 9.17) is 4.74 Å². The van der Waals surface area contributed by atoms with Gasteiger partial charge in [0.15, 0.2) is 6.61 Å². The van der Waals surface area contributed by atoms with Gasteiger partial charge in [-0.25, -0.2) is 8.42 Å². The number of hydrogen-bond donors (Lipinski definition) is 1. The van der Waals surface area contributed by atoms with Crippen LogP contribution >= 0.6 is 15.9 Å². The number of ether oxygens (including phenoxy) is 1. The number of carbonyl (C=O) groups is 1. The normalized spacial score (nSPS) is 14.0. The molecule has 6 nitrogen and oxygen atoms in total. The number of halogens is 1. The summed E-state index contributed by atoms with van der Waals surface area (Å²) in [4.78, 5) is 11.5. The minimum Gasteiger partial charge on any atom is -0.482 e. The van der Waals surface area contributed by atoms with Crippen molar-refractivity contribution in [1.82, 2.24) is 4.31 Å². The van der Waals surface area contributed by atoms with E-state index in [0.717, 1.165) is 5.56 Å². The fourth-order valence-corrected chi connectivity index (χ4v) is 5.03. The Balaban J connectivity index is 1.97. The Morgan fingerprint density at radius 2 is 1.96 bits per heavy atom. The third-order valence-corrected chi connectivity index (χ3v) is 6.72. The second-order valence-electron chi connectivity index (χ2n) is 5.53. The molecule has 0 fully saturated rings. The van der Waals surface area contributed by atoms with Gasteiger partial charge in [-0.1, -0.05) is 37.3 Å². The SMILES string of the molecule is CCN(Cc1ccccc1)S(=O)(=O)c1cc2c(cc1Br)NC(=O)CO2. The number of amides is 1.